The number of carbonyl (C=O) groups is 2. The molecule has 2 aromatic rings. The van der Waals surface area contributed by atoms with E-state index in [9.17, 15) is 9.59 Å². The highest BCUT2D eigenvalue weighted by molar-refractivity contribution is 7.98. The van der Waals surface area contributed by atoms with E-state index in [-0.39, 0.29) is 18.5 Å². The molecule has 0 bridgehead atoms. The van der Waals surface area contributed by atoms with E-state index in [1.165, 1.54) is 16.3 Å². The van der Waals surface area contributed by atoms with Crippen LogP contribution in [0.3, 0.4) is 0 Å². The van der Waals surface area contributed by atoms with E-state index in [1.54, 1.807) is 20.8 Å². The molecule has 2 aromatic heterocycles. The lowest BCUT2D eigenvalue weighted by atomic mass is 10.3. The number of hydrogen-bond acceptors (Lipinski definition) is 9. The zero-order chi connectivity index (χ0) is 17.9. The molecule has 3 N–H and O–H groups in total. The molecule has 130 valence electrons. The molecule has 0 fully saturated rings. The summed E-state index contributed by atoms with van der Waals surface area (Å²) >= 11 is 2.41. The number of carbonyl (C=O) groups excluding carboxylic acids is 2. The van der Waals surface area contributed by atoms with Crippen LogP contribution in [0, 0.1) is 6.92 Å². The summed E-state index contributed by atoms with van der Waals surface area (Å²) in [5.74, 6) is -0.626. The quantitative estimate of drug-likeness (QED) is 0.582. The lowest BCUT2D eigenvalue weighted by Gasteiger charge is -2.14. The van der Waals surface area contributed by atoms with Gasteiger partial charge >= 0.3 is 5.97 Å². The minimum absolute atomic E-state index is 0.157. The van der Waals surface area contributed by atoms with Crippen LogP contribution in [0.4, 0.5) is 11.1 Å². The molecule has 9 nitrogen and oxygen atoms in total. The van der Waals surface area contributed by atoms with Crippen molar-refractivity contribution in [2.45, 2.75) is 32.0 Å². The van der Waals surface area contributed by atoms with Gasteiger partial charge in [-0.15, -0.1) is 10.2 Å². The van der Waals surface area contributed by atoms with Gasteiger partial charge in [0.1, 0.15) is 10.9 Å². The minimum Gasteiger partial charge on any atom is -0.462 e. The fourth-order valence-corrected chi connectivity index (χ4v) is 3.39. The van der Waals surface area contributed by atoms with Crippen LogP contribution in [0.1, 0.15) is 35.3 Å². The number of nitrogen functional groups attached to an aromatic ring is 1. The maximum Gasteiger partial charge on any atom is 0.350 e. The number of nitrogens with two attached hydrogens (primary N) is 1. The fourth-order valence-electron chi connectivity index (χ4n) is 1.95. The summed E-state index contributed by atoms with van der Waals surface area (Å²) < 4.78 is 6.49. The Kier molecular flexibility index (Phi) is 5.78. The molecule has 0 aliphatic heterocycles. The van der Waals surface area contributed by atoms with Crippen LogP contribution in [-0.4, -0.2) is 44.5 Å². The van der Waals surface area contributed by atoms with Crippen LogP contribution in [-0.2, 0) is 9.53 Å². The van der Waals surface area contributed by atoms with Crippen molar-refractivity contribution in [2.24, 2.45) is 0 Å². The van der Waals surface area contributed by atoms with Gasteiger partial charge in [-0.1, -0.05) is 23.1 Å². The molecule has 0 aliphatic carbocycles. The highest BCUT2D eigenvalue weighted by Crippen LogP contribution is 2.26. The maximum absolute atomic E-state index is 12.4. The Balaban J connectivity index is 2.16. The zero-order valence-corrected chi connectivity index (χ0v) is 15.3. The second-order valence-electron chi connectivity index (χ2n) is 4.73. The summed E-state index contributed by atoms with van der Waals surface area (Å²) in [6.07, 6.45) is 1.82. The Morgan fingerprint density at radius 2 is 2.17 bits per heavy atom. The third-order valence-corrected chi connectivity index (χ3v) is 4.82. The average molecular weight is 370 g/mol. The smallest absolute Gasteiger partial charge is 0.350 e. The van der Waals surface area contributed by atoms with Crippen LogP contribution < -0.4 is 11.1 Å². The molecule has 24 heavy (non-hydrogen) atoms. The number of aryl methyl sites for hydroxylation is 1. The van der Waals surface area contributed by atoms with E-state index in [0.717, 1.165) is 11.3 Å². The molecule has 1 amide bonds. The largest absolute Gasteiger partial charge is 0.462 e. The molecular weight excluding hydrogens is 352 g/mol. The second-order valence-corrected chi connectivity index (χ2v) is 6.51. The maximum atomic E-state index is 12.4. The number of anilines is 2. The van der Waals surface area contributed by atoms with Crippen LogP contribution in [0.25, 0.3) is 0 Å². The van der Waals surface area contributed by atoms with Crippen molar-refractivity contribution in [1.82, 2.24) is 19.7 Å². The number of aromatic nitrogens is 4. The highest BCUT2D eigenvalue weighted by atomic mass is 32.2. The summed E-state index contributed by atoms with van der Waals surface area (Å²) in [7, 11) is 0. The van der Waals surface area contributed by atoms with E-state index >= 15 is 0 Å². The molecule has 0 saturated heterocycles. The van der Waals surface area contributed by atoms with Gasteiger partial charge in [0.15, 0.2) is 10.3 Å². The van der Waals surface area contributed by atoms with Crippen molar-refractivity contribution >= 4 is 46.1 Å². The van der Waals surface area contributed by atoms with Gasteiger partial charge in [0.25, 0.3) is 0 Å². The normalized spacial score (nSPS) is 12.0. The number of amides is 1. The van der Waals surface area contributed by atoms with E-state index in [2.05, 4.69) is 20.5 Å². The number of nitrogens with one attached hydrogen (secondary N) is 1. The molecule has 1 atom stereocenters. The van der Waals surface area contributed by atoms with Crippen molar-refractivity contribution in [3.8, 4) is 0 Å². The number of thiazole rings is 1. The van der Waals surface area contributed by atoms with Gasteiger partial charge in [0.2, 0.25) is 11.9 Å². The van der Waals surface area contributed by atoms with E-state index in [1.807, 2.05) is 6.26 Å². The second kappa shape index (κ2) is 7.62. The van der Waals surface area contributed by atoms with Crippen molar-refractivity contribution in [1.29, 1.82) is 0 Å². The van der Waals surface area contributed by atoms with Crippen molar-refractivity contribution in [2.75, 3.05) is 23.9 Å². The van der Waals surface area contributed by atoms with Crippen molar-refractivity contribution in [3.05, 3.63) is 10.6 Å². The number of rotatable bonds is 6. The van der Waals surface area contributed by atoms with Crippen LogP contribution in [0.15, 0.2) is 5.16 Å². The summed E-state index contributed by atoms with van der Waals surface area (Å²) in [5, 5.41) is 11.2. The average Bonchev–Trinajstić information content (AvgIpc) is 3.09. The molecule has 0 radical (unpaired) electrons. The summed E-state index contributed by atoms with van der Waals surface area (Å²) in [4.78, 5) is 28.8. The Hall–Kier alpha value is -2.14. The Labute approximate surface area is 147 Å². The molecular formula is C13H18N6O3S2. The number of ether oxygens (including phenoxy) is 1. The molecule has 0 spiro atoms. The predicted octanol–water partition coefficient (Wildman–Crippen LogP) is 1.72. The summed E-state index contributed by atoms with van der Waals surface area (Å²) in [6, 6.07) is -0.627. The van der Waals surface area contributed by atoms with Crippen LogP contribution >= 0.6 is 23.1 Å². The number of nitrogens with zero attached hydrogens (tertiary/aromatic N) is 4. The first-order chi connectivity index (χ1) is 11.4. The molecule has 11 heteroatoms. The first-order valence-corrected chi connectivity index (χ1v) is 9.12. The predicted molar refractivity (Wildman–Crippen MR) is 92.4 cm³/mol. The minimum atomic E-state index is -0.627. The SMILES string of the molecule is CCOC(=O)c1sc(NC(=O)C(C)n2c(N)nnc2SC)nc1C. The Morgan fingerprint density at radius 1 is 1.46 bits per heavy atom. The summed E-state index contributed by atoms with van der Waals surface area (Å²) in [6.45, 7) is 5.37. The van der Waals surface area contributed by atoms with Gasteiger partial charge in [-0.2, -0.15) is 0 Å². The first kappa shape index (κ1) is 18.2. The molecule has 0 aliphatic rings. The third kappa shape index (κ3) is 3.67. The first-order valence-electron chi connectivity index (χ1n) is 7.08. The number of hydrogen-bond donors (Lipinski definition) is 2. The third-order valence-electron chi connectivity index (χ3n) is 3.13. The highest BCUT2D eigenvalue weighted by Gasteiger charge is 2.24. The summed E-state index contributed by atoms with van der Waals surface area (Å²) in [5.41, 5.74) is 6.28. The Morgan fingerprint density at radius 3 is 2.79 bits per heavy atom. The standard InChI is InChI=1S/C13H18N6O3S2/c1-5-22-10(21)8-6(2)15-12(24-8)16-9(20)7(3)19-11(14)17-18-13(19)23-4/h7H,5H2,1-4H3,(H2,14,17)(H,15,16,20). The van der Waals surface area contributed by atoms with E-state index < -0.39 is 12.0 Å². The lowest BCUT2D eigenvalue weighted by molar-refractivity contribution is -0.118. The van der Waals surface area contributed by atoms with Gasteiger partial charge in [-0.25, -0.2) is 9.78 Å². The zero-order valence-electron chi connectivity index (χ0n) is 13.7. The molecule has 2 rings (SSSR count). The molecule has 2 heterocycles. The topological polar surface area (TPSA) is 125 Å². The van der Waals surface area contributed by atoms with Gasteiger partial charge in [-0.3, -0.25) is 9.36 Å². The van der Waals surface area contributed by atoms with Gasteiger partial charge in [-0.05, 0) is 27.0 Å². The van der Waals surface area contributed by atoms with Crippen LogP contribution in [0.2, 0.25) is 0 Å². The van der Waals surface area contributed by atoms with Crippen LogP contribution in [0.5, 0.6) is 0 Å². The van der Waals surface area contributed by atoms with Gasteiger partial charge in [0.05, 0.1) is 12.3 Å². The van der Waals surface area contributed by atoms with E-state index in [4.69, 9.17) is 10.5 Å². The monoisotopic (exact) mass is 370 g/mol. The lowest BCUT2D eigenvalue weighted by Crippen LogP contribution is -2.25. The fraction of sp³-hybridized carbons (Fsp3) is 0.462. The number of esters is 1. The van der Waals surface area contributed by atoms with E-state index in [0.29, 0.717) is 20.9 Å². The molecule has 0 aromatic carbocycles. The Bertz CT molecular complexity index is 757. The van der Waals surface area contributed by atoms with Gasteiger partial charge in [0, 0.05) is 0 Å². The van der Waals surface area contributed by atoms with Gasteiger partial charge < -0.3 is 15.8 Å². The van der Waals surface area contributed by atoms with Crippen molar-refractivity contribution < 1.29 is 14.3 Å². The molecule has 0 saturated carbocycles. The molecule has 1 unspecified atom stereocenters. The van der Waals surface area contributed by atoms with Crippen molar-refractivity contribution in [3.63, 3.8) is 0 Å². The number of thioether (sulfide) groups is 1.